The van der Waals surface area contributed by atoms with E-state index in [-0.39, 0.29) is 0 Å². The minimum Gasteiger partial charge on any atom is -0.308 e. The highest BCUT2D eigenvalue weighted by atomic mass is 15.1. The molecule has 2 nitrogen and oxygen atoms in total. The lowest BCUT2D eigenvalue weighted by Crippen LogP contribution is -2.32. The average molecular weight is 198 g/mol. The lowest BCUT2D eigenvalue weighted by atomic mass is 9.73. The van der Waals surface area contributed by atoms with E-state index >= 15 is 0 Å². The largest absolute Gasteiger partial charge is 0.308 e. The van der Waals surface area contributed by atoms with Crippen LogP contribution < -0.4 is 0 Å². The minimum absolute atomic E-state index is 0.997. The standard InChI is InChI=1S/C12H26N2/c1-11-5-6-12(11)7-8-14(4)10-9-13(2)3/h11-12H,5-10H2,1-4H3. The molecule has 0 radical (unpaired) electrons. The van der Waals surface area contributed by atoms with Crippen molar-refractivity contribution in [3.8, 4) is 0 Å². The van der Waals surface area contributed by atoms with Crippen molar-refractivity contribution in [3.63, 3.8) is 0 Å². The summed E-state index contributed by atoms with van der Waals surface area (Å²) in [6, 6.07) is 0. The molecule has 0 aromatic heterocycles. The van der Waals surface area contributed by atoms with Crippen molar-refractivity contribution in [2.75, 3.05) is 40.8 Å². The van der Waals surface area contributed by atoms with Crippen LogP contribution in [0.3, 0.4) is 0 Å². The summed E-state index contributed by atoms with van der Waals surface area (Å²) in [5.74, 6) is 2.02. The molecule has 1 aliphatic rings. The molecule has 0 heterocycles. The molecule has 1 fully saturated rings. The minimum atomic E-state index is 0.997. The van der Waals surface area contributed by atoms with E-state index < -0.39 is 0 Å². The second-order valence-electron chi connectivity index (χ2n) is 5.21. The first kappa shape index (κ1) is 12.0. The van der Waals surface area contributed by atoms with E-state index in [0.717, 1.165) is 11.8 Å². The van der Waals surface area contributed by atoms with Crippen LogP contribution in [0.4, 0.5) is 0 Å². The van der Waals surface area contributed by atoms with Gasteiger partial charge in [0, 0.05) is 13.1 Å². The maximum Gasteiger partial charge on any atom is 0.0106 e. The third-order valence-corrected chi connectivity index (χ3v) is 3.61. The van der Waals surface area contributed by atoms with E-state index in [2.05, 4.69) is 37.9 Å². The van der Waals surface area contributed by atoms with Crippen LogP contribution >= 0.6 is 0 Å². The fourth-order valence-corrected chi connectivity index (χ4v) is 2.03. The number of rotatable bonds is 6. The Hall–Kier alpha value is -0.0800. The highest BCUT2D eigenvalue weighted by Gasteiger charge is 2.26. The van der Waals surface area contributed by atoms with Crippen LogP contribution in [-0.2, 0) is 0 Å². The SMILES string of the molecule is CC1CCC1CCN(C)CCN(C)C. The molecule has 0 aromatic rings. The number of nitrogens with zero attached hydrogens (tertiary/aromatic N) is 2. The maximum absolute atomic E-state index is 2.46. The summed E-state index contributed by atoms with van der Waals surface area (Å²) >= 11 is 0. The van der Waals surface area contributed by atoms with E-state index in [1.165, 1.54) is 38.9 Å². The Bertz CT molecular complexity index is 156. The van der Waals surface area contributed by atoms with E-state index in [1.54, 1.807) is 0 Å². The van der Waals surface area contributed by atoms with Crippen molar-refractivity contribution in [1.29, 1.82) is 0 Å². The van der Waals surface area contributed by atoms with Crippen LogP contribution in [0.1, 0.15) is 26.2 Å². The highest BCUT2D eigenvalue weighted by molar-refractivity contribution is 4.77. The third kappa shape index (κ3) is 3.97. The second-order valence-corrected chi connectivity index (χ2v) is 5.21. The van der Waals surface area contributed by atoms with Crippen molar-refractivity contribution in [2.45, 2.75) is 26.2 Å². The molecule has 1 saturated carbocycles. The molecule has 2 heteroatoms. The maximum atomic E-state index is 2.46. The van der Waals surface area contributed by atoms with Gasteiger partial charge >= 0.3 is 0 Å². The van der Waals surface area contributed by atoms with E-state index in [0.29, 0.717) is 0 Å². The Morgan fingerprint density at radius 2 is 1.71 bits per heavy atom. The van der Waals surface area contributed by atoms with Crippen molar-refractivity contribution in [2.24, 2.45) is 11.8 Å². The van der Waals surface area contributed by atoms with Gasteiger partial charge in [0.05, 0.1) is 0 Å². The molecule has 2 atom stereocenters. The summed E-state index contributed by atoms with van der Waals surface area (Å²) < 4.78 is 0. The van der Waals surface area contributed by atoms with Gasteiger partial charge in [-0.3, -0.25) is 0 Å². The normalized spacial score (nSPS) is 27.0. The number of likely N-dealkylation sites (N-methyl/N-ethyl adjacent to an activating group) is 2. The van der Waals surface area contributed by atoms with Gasteiger partial charge in [0.25, 0.3) is 0 Å². The smallest absolute Gasteiger partial charge is 0.0106 e. The first-order valence-electron chi connectivity index (χ1n) is 5.93. The summed E-state index contributed by atoms with van der Waals surface area (Å²) in [4.78, 5) is 4.72. The predicted octanol–water partition coefficient (Wildman–Crippen LogP) is 1.92. The molecule has 1 aliphatic carbocycles. The van der Waals surface area contributed by atoms with Gasteiger partial charge in [0.15, 0.2) is 0 Å². The van der Waals surface area contributed by atoms with E-state index in [4.69, 9.17) is 0 Å². The van der Waals surface area contributed by atoms with Crippen molar-refractivity contribution < 1.29 is 0 Å². The van der Waals surface area contributed by atoms with E-state index in [1.807, 2.05) is 0 Å². The van der Waals surface area contributed by atoms with Gasteiger partial charge < -0.3 is 9.80 Å². The quantitative estimate of drug-likeness (QED) is 0.643. The second kappa shape index (κ2) is 5.72. The Balaban J connectivity index is 2.00. The first-order valence-corrected chi connectivity index (χ1v) is 5.93. The van der Waals surface area contributed by atoms with Gasteiger partial charge in [-0.2, -0.15) is 0 Å². The average Bonchev–Trinajstić information content (AvgIpc) is 2.12. The fraction of sp³-hybridized carbons (Fsp3) is 1.00. The van der Waals surface area contributed by atoms with Crippen molar-refractivity contribution in [1.82, 2.24) is 9.80 Å². The molecule has 1 rings (SSSR count). The van der Waals surface area contributed by atoms with Crippen LogP contribution in [0, 0.1) is 11.8 Å². The Morgan fingerprint density at radius 3 is 2.14 bits per heavy atom. The Morgan fingerprint density at radius 1 is 1.00 bits per heavy atom. The van der Waals surface area contributed by atoms with E-state index in [9.17, 15) is 0 Å². The summed E-state index contributed by atoms with van der Waals surface area (Å²) in [6.45, 7) is 6.06. The van der Waals surface area contributed by atoms with Gasteiger partial charge in [0.2, 0.25) is 0 Å². The molecule has 0 aliphatic heterocycles. The topological polar surface area (TPSA) is 6.48 Å². The molecule has 0 N–H and O–H groups in total. The molecule has 2 unspecified atom stereocenters. The zero-order chi connectivity index (χ0) is 10.6. The summed E-state index contributed by atoms with van der Waals surface area (Å²) in [6.07, 6.45) is 4.35. The fourth-order valence-electron chi connectivity index (χ4n) is 2.03. The van der Waals surface area contributed by atoms with Crippen LogP contribution in [0.25, 0.3) is 0 Å². The molecule has 84 valence electrons. The van der Waals surface area contributed by atoms with Crippen LogP contribution in [0.2, 0.25) is 0 Å². The van der Waals surface area contributed by atoms with Crippen molar-refractivity contribution in [3.05, 3.63) is 0 Å². The van der Waals surface area contributed by atoms with Crippen LogP contribution in [-0.4, -0.2) is 50.6 Å². The molecule has 0 saturated heterocycles. The number of hydrogen-bond donors (Lipinski definition) is 0. The molecule has 0 spiro atoms. The summed E-state index contributed by atoms with van der Waals surface area (Å²) in [5, 5.41) is 0. The van der Waals surface area contributed by atoms with Gasteiger partial charge in [-0.05, 0) is 52.4 Å². The molecular weight excluding hydrogens is 172 g/mol. The monoisotopic (exact) mass is 198 g/mol. The zero-order valence-corrected chi connectivity index (χ0v) is 10.3. The third-order valence-electron chi connectivity index (χ3n) is 3.61. The highest BCUT2D eigenvalue weighted by Crippen LogP contribution is 2.35. The molecule has 14 heavy (non-hydrogen) atoms. The Labute approximate surface area is 89.3 Å². The predicted molar refractivity (Wildman–Crippen MR) is 62.6 cm³/mol. The molecule has 0 bridgehead atoms. The van der Waals surface area contributed by atoms with Gasteiger partial charge in [-0.15, -0.1) is 0 Å². The number of hydrogen-bond acceptors (Lipinski definition) is 2. The van der Waals surface area contributed by atoms with Crippen LogP contribution in [0.15, 0.2) is 0 Å². The Kier molecular flexibility index (Phi) is 4.90. The molecule has 0 aromatic carbocycles. The van der Waals surface area contributed by atoms with Gasteiger partial charge in [0.1, 0.15) is 0 Å². The van der Waals surface area contributed by atoms with Crippen molar-refractivity contribution >= 4 is 0 Å². The molecule has 0 amide bonds. The van der Waals surface area contributed by atoms with Gasteiger partial charge in [-0.25, -0.2) is 0 Å². The van der Waals surface area contributed by atoms with Gasteiger partial charge in [-0.1, -0.05) is 13.3 Å². The zero-order valence-electron chi connectivity index (χ0n) is 10.3. The summed E-state index contributed by atoms with van der Waals surface area (Å²) in [7, 11) is 6.52. The lowest BCUT2D eigenvalue weighted by molar-refractivity contribution is 0.158. The van der Waals surface area contributed by atoms with Crippen LogP contribution in [0.5, 0.6) is 0 Å². The molecular formula is C12H26N2. The summed E-state index contributed by atoms with van der Waals surface area (Å²) in [5.41, 5.74) is 0. The first-order chi connectivity index (χ1) is 6.59. The lowest BCUT2D eigenvalue weighted by Gasteiger charge is -2.35.